The van der Waals surface area contributed by atoms with Crippen molar-refractivity contribution in [1.29, 1.82) is 0 Å². The van der Waals surface area contributed by atoms with E-state index in [0.717, 1.165) is 32.6 Å². The van der Waals surface area contributed by atoms with E-state index < -0.39 is 0 Å². The normalized spacial score (nSPS) is 31.5. The Morgan fingerprint density at radius 2 is 2.00 bits per heavy atom. The van der Waals surface area contributed by atoms with E-state index in [1.165, 1.54) is 5.56 Å². The molecule has 1 aromatic carbocycles. The Balaban J connectivity index is 1.69. The quantitative estimate of drug-likeness (QED) is 0.909. The number of hydrogen-bond acceptors (Lipinski definition) is 3. The van der Waals surface area contributed by atoms with Gasteiger partial charge in [-0.15, -0.1) is 0 Å². The molecule has 3 nitrogen and oxygen atoms in total. The first-order valence-corrected chi connectivity index (χ1v) is 7.88. The zero-order valence-corrected chi connectivity index (χ0v) is 13.1. The number of piperazine rings is 1. The molecule has 0 spiro atoms. The van der Waals surface area contributed by atoms with Crippen LogP contribution < -0.4 is 0 Å². The second-order valence-corrected chi connectivity index (χ2v) is 6.84. The van der Waals surface area contributed by atoms with Gasteiger partial charge in [0.25, 0.3) is 0 Å². The number of nitrogens with zero attached hydrogens (tertiary/aromatic N) is 2. The van der Waals surface area contributed by atoms with Gasteiger partial charge in [0.2, 0.25) is 0 Å². The number of aliphatic hydroxyl groups is 1. The molecule has 2 saturated heterocycles. The van der Waals surface area contributed by atoms with Gasteiger partial charge in [-0.25, -0.2) is 0 Å². The summed E-state index contributed by atoms with van der Waals surface area (Å²) in [6.45, 7) is 6.01. The van der Waals surface area contributed by atoms with Crippen molar-refractivity contribution < 1.29 is 5.11 Å². The zero-order valence-electron chi connectivity index (χ0n) is 11.6. The minimum absolute atomic E-state index is 0.155. The van der Waals surface area contributed by atoms with Crippen LogP contribution in [0.3, 0.4) is 0 Å². The predicted molar refractivity (Wildman–Crippen MR) is 82.3 cm³/mol. The summed E-state index contributed by atoms with van der Waals surface area (Å²) < 4.78 is 0. The highest BCUT2D eigenvalue weighted by Gasteiger charge is 2.37. The summed E-state index contributed by atoms with van der Waals surface area (Å²) in [5.74, 6) is 0. The number of benzene rings is 1. The van der Waals surface area contributed by atoms with Crippen LogP contribution in [0.25, 0.3) is 0 Å². The van der Waals surface area contributed by atoms with E-state index in [2.05, 4.69) is 16.7 Å². The lowest BCUT2D eigenvalue weighted by Gasteiger charge is -2.42. The van der Waals surface area contributed by atoms with E-state index in [1.54, 1.807) is 0 Å². The maximum Gasteiger partial charge on any atom is 0.0682 e. The highest BCUT2D eigenvalue weighted by molar-refractivity contribution is 6.42. The number of fused-ring (bicyclic) bond motifs is 1. The van der Waals surface area contributed by atoms with E-state index in [1.807, 2.05) is 18.2 Å². The monoisotopic (exact) mass is 314 g/mol. The zero-order chi connectivity index (χ0) is 14.3. The molecule has 2 heterocycles. The molecule has 1 N–H and O–H groups in total. The lowest BCUT2D eigenvalue weighted by atomic mass is 10.1. The molecular formula is C15H20Cl2N2O. The van der Waals surface area contributed by atoms with Crippen LogP contribution in [-0.2, 0) is 6.54 Å². The maximum atomic E-state index is 9.80. The Hall–Kier alpha value is -0.320. The largest absolute Gasteiger partial charge is 0.392 e. The second-order valence-electron chi connectivity index (χ2n) is 6.02. The van der Waals surface area contributed by atoms with Gasteiger partial charge in [-0.3, -0.25) is 9.80 Å². The molecule has 0 aromatic heterocycles. The molecule has 110 valence electrons. The van der Waals surface area contributed by atoms with Crippen molar-refractivity contribution in [3.8, 4) is 0 Å². The van der Waals surface area contributed by atoms with Crippen LogP contribution in [0.15, 0.2) is 18.2 Å². The topological polar surface area (TPSA) is 26.7 Å². The summed E-state index contributed by atoms with van der Waals surface area (Å²) in [5.41, 5.74) is 1.19. The number of hydrogen-bond donors (Lipinski definition) is 1. The van der Waals surface area contributed by atoms with E-state index >= 15 is 0 Å². The molecule has 0 bridgehead atoms. The van der Waals surface area contributed by atoms with Gasteiger partial charge in [-0.2, -0.15) is 0 Å². The lowest BCUT2D eigenvalue weighted by Crippen LogP contribution is -2.54. The Labute approximate surface area is 130 Å². The summed E-state index contributed by atoms with van der Waals surface area (Å²) >= 11 is 12.0. The standard InChI is InChI=1S/C15H20Cl2N2O/c1-10-6-19-9-13(20)5-12(19)8-18(10)7-11-2-3-14(16)15(17)4-11/h2-4,10,12-13,20H,5-9H2,1H3/t10-,12+,13+/m0/s1. The summed E-state index contributed by atoms with van der Waals surface area (Å²) in [6, 6.07) is 6.83. The fourth-order valence-electron chi connectivity index (χ4n) is 3.37. The second kappa shape index (κ2) is 5.82. The molecule has 5 heteroatoms. The van der Waals surface area contributed by atoms with Gasteiger partial charge in [0, 0.05) is 38.3 Å². The van der Waals surface area contributed by atoms with E-state index in [-0.39, 0.29) is 6.10 Å². The van der Waals surface area contributed by atoms with Crippen LogP contribution in [-0.4, -0.2) is 52.7 Å². The first-order valence-electron chi connectivity index (χ1n) is 7.13. The van der Waals surface area contributed by atoms with Crippen LogP contribution in [0, 0.1) is 0 Å². The van der Waals surface area contributed by atoms with Gasteiger partial charge in [0.15, 0.2) is 0 Å². The molecule has 2 aliphatic rings. The highest BCUT2D eigenvalue weighted by Crippen LogP contribution is 2.28. The van der Waals surface area contributed by atoms with Gasteiger partial charge in [-0.1, -0.05) is 29.3 Å². The van der Waals surface area contributed by atoms with Crippen molar-refractivity contribution in [3.63, 3.8) is 0 Å². The van der Waals surface area contributed by atoms with Gasteiger partial charge in [0.05, 0.1) is 16.1 Å². The third-order valence-corrected chi connectivity index (χ3v) is 5.18. The maximum absolute atomic E-state index is 9.80. The first-order chi connectivity index (χ1) is 9.52. The molecular weight excluding hydrogens is 295 g/mol. The van der Waals surface area contributed by atoms with Crippen molar-refractivity contribution in [3.05, 3.63) is 33.8 Å². The predicted octanol–water partition coefficient (Wildman–Crippen LogP) is 2.63. The molecule has 0 aliphatic carbocycles. The van der Waals surface area contributed by atoms with Crippen molar-refractivity contribution in [2.45, 2.75) is 38.1 Å². The number of halogens is 2. The van der Waals surface area contributed by atoms with Gasteiger partial charge < -0.3 is 5.11 Å². The molecule has 0 saturated carbocycles. The average molecular weight is 315 g/mol. The van der Waals surface area contributed by atoms with E-state index in [9.17, 15) is 5.11 Å². The number of rotatable bonds is 2. The molecule has 3 rings (SSSR count). The molecule has 0 radical (unpaired) electrons. The molecule has 20 heavy (non-hydrogen) atoms. The van der Waals surface area contributed by atoms with E-state index in [4.69, 9.17) is 23.2 Å². The summed E-state index contributed by atoms with van der Waals surface area (Å²) in [7, 11) is 0. The molecule has 0 amide bonds. The Morgan fingerprint density at radius 3 is 2.75 bits per heavy atom. The van der Waals surface area contributed by atoms with Gasteiger partial charge in [0.1, 0.15) is 0 Å². The van der Waals surface area contributed by atoms with Crippen LogP contribution in [0.5, 0.6) is 0 Å². The fraction of sp³-hybridized carbons (Fsp3) is 0.600. The van der Waals surface area contributed by atoms with Crippen LogP contribution in [0.1, 0.15) is 18.9 Å². The van der Waals surface area contributed by atoms with Crippen molar-refractivity contribution in [2.24, 2.45) is 0 Å². The van der Waals surface area contributed by atoms with Gasteiger partial charge in [-0.05, 0) is 31.0 Å². The highest BCUT2D eigenvalue weighted by atomic mass is 35.5. The summed E-state index contributed by atoms with van der Waals surface area (Å²) in [5, 5.41) is 11.0. The molecule has 2 aliphatic heterocycles. The van der Waals surface area contributed by atoms with Crippen molar-refractivity contribution in [2.75, 3.05) is 19.6 Å². The molecule has 3 atom stereocenters. The fourth-order valence-corrected chi connectivity index (χ4v) is 3.69. The summed E-state index contributed by atoms with van der Waals surface area (Å²) in [4.78, 5) is 4.89. The van der Waals surface area contributed by atoms with Crippen molar-refractivity contribution >= 4 is 23.2 Å². The Bertz CT molecular complexity index is 497. The van der Waals surface area contributed by atoms with Crippen LogP contribution >= 0.6 is 23.2 Å². The lowest BCUT2D eigenvalue weighted by molar-refractivity contribution is 0.0528. The SMILES string of the molecule is C[C@H]1CN2C[C@H](O)C[C@@H]2CN1Cc1ccc(Cl)c(Cl)c1. The Kier molecular flexibility index (Phi) is 4.25. The van der Waals surface area contributed by atoms with E-state index in [0.29, 0.717) is 22.1 Å². The van der Waals surface area contributed by atoms with Gasteiger partial charge >= 0.3 is 0 Å². The van der Waals surface area contributed by atoms with Crippen LogP contribution in [0.4, 0.5) is 0 Å². The third-order valence-electron chi connectivity index (χ3n) is 4.44. The number of aliphatic hydroxyl groups excluding tert-OH is 1. The average Bonchev–Trinajstić information content (AvgIpc) is 2.73. The molecule has 0 unspecified atom stereocenters. The minimum Gasteiger partial charge on any atom is -0.392 e. The third kappa shape index (κ3) is 2.97. The smallest absolute Gasteiger partial charge is 0.0682 e. The molecule has 1 aromatic rings. The summed E-state index contributed by atoms with van der Waals surface area (Å²) in [6.07, 6.45) is 0.738. The Morgan fingerprint density at radius 1 is 1.20 bits per heavy atom. The van der Waals surface area contributed by atoms with Crippen molar-refractivity contribution in [1.82, 2.24) is 9.80 Å². The first kappa shape index (κ1) is 14.6. The minimum atomic E-state index is -0.155. The van der Waals surface area contributed by atoms with Crippen LogP contribution in [0.2, 0.25) is 10.0 Å². The molecule has 2 fully saturated rings.